The Hall–Kier alpha value is -2.04. The highest BCUT2D eigenvalue weighted by molar-refractivity contribution is 6.03. The highest BCUT2D eigenvalue weighted by Crippen LogP contribution is 2.22. The molecule has 0 unspecified atom stereocenters. The van der Waals surface area contributed by atoms with Gasteiger partial charge in [-0.15, -0.1) is 0 Å². The summed E-state index contributed by atoms with van der Waals surface area (Å²) in [6.45, 7) is 0. The fourth-order valence-corrected chi connectivity index (χ4v) is 1.22. The summed E-state index contributed by atoms with van der Waals surface area (Å²) >= 11 is 0. The molecule has 13 heavy (non-hydrogen) atoms. The molecule has 2 aromatic rings. The minimum Gasteiger partial charge on any atom is -0.478 e. The Bertz CT molecular complexity index is 475. The normalized spacial score (nSPS) is 10.5. The van der Waals surface area contributed by atoms with E-state index in [1.54, 1.807) is 12.3 Å². The average Bonchev–Trinajstić information content (AvgIpc) is 2.52. The Balaban J connectivity index is 2.80. The monoisotopic (exact) mass is 177 g/mol. The van der Waals surface area contributed by atoms with Crippen LogP contribution in [0.1, 0.15) is 10.4 Å². The third-order valence-corrected chi connectivity index (χ3v) is 1.89. The number of carboxylic acid groups (broad SMARTS) is 1. The minimum atomic E-state index is -1.03. The summed E-state index contributed by atoms with van der Waals surface area (Å²) in [6, 6.07) is 3.13. The van der Waals surface area contributed by atoms with Gasteiger partial charge in [-0.25, -0.2) is 4.79 Å². The van der Waals surface area contributed by atoms with Crippen LogP contribution < -0.4 is 5.73 Å². The number of nitrogen functional groups attached to an aromatic ring is 1. The summed E-state index contributed by atoms with van der Waals surface area (Å²) in [7, 11) is 0. The van der Waals surface area contributed by atoms with Crippen LogP contribution in [0.4, 0.5) is 5.69 Å². The van der Waals surface area contributed by atoms with E-state index >= 15 is 0 Å². The summed E-state index contributed by atoms with van der Waals surface area (Å²) in [5, 5.41) is 16.0. The smallest absolute Gasteiger partial charge is 0.337 e. The average molecular weight is 177 g/mol. The molecule has 1 aromatic heterocycles. The molecule has 5 heteroatoms. The number of rotatable bonds is 1. The van der Waals surface area contributed by atoms with Crippen molar-refractivity contribution in [3.05, 3.63) is 23.9 Å². The summed E-state index contributed by atoms with van der Waals surface area (Å²) in [6.07, 6.45) is 1.59. The Morgan fingerprint density at radius 3 is 3.00 bits per heavy atom. The lowest BCUT2D eigenvalue weighted by atomic mass is 10.1. The zero-order valence-corrected chi connectivity index (χ0v) is 6.61. The van der Waals surface area contributed by atoms with Crippen molar-refractivity contribution in [3.63, 3.8) is 0 Å². The molecule has 0 aliphatic rings. The van der Waals surface area contributed by atoms with Crippen molar-refractivity contribution in [3.8, 4) is 0 Å². The first-order chi connectivity index (χ1) is 6.20. The number of nitrogens with two attached hydrogens (primary N) is 1. The topological polar surface area (TPSA) is 92.0 Å². The first-order valence-electron chi connectivity index (χ1n) is 3.65. The maximum Gasteiger partial charge on any atom is 0.337 e. The fraction of sp³-hybridized carbons (Fsp3) is 0. The van der Waals surface area contributed by atoms with Crippen LogP contribution in [0.2, 0.25) is 0 Å². The zero-order chi connectivity index (χ0) is 9.42. The van der Waals surface area contributed by atoms with E-state index in [0.29, 0.717) is 5.52 Å². The molecule has 4 N–H and O–H groups in total. The third-order valence-electron chi connectivity index (χ3n) is 1.89. The Morgan fingerprint density at radius 2 is 2.31 bits per heavy atom. The molecule has 1 heterocycles. The molecule has 0 amide bonds. The van der Waals surface area contributed by atoms with Crippen molar-refractivity contribution in [2.75, 3.05) is 5.73 Å². The number of H-pyrrole nitrogens is 1. The Morgan fingerprint density at radius 1 is 1.54 bits per heavy atom. The molecule has 0 aliphatic heterocycles. The number of aromatic amines is 1. The number of fused-ring (bicyclic) bond motifs is 1. The number of carbonyl (C=O) groups is 1. The van der Waals surface area contributed by atoms with E-state index in [0.717, 1.165) is 5.39 Å². The molecular formula is C8H7N3O2. The predicted molar refractivity (Wildman–Crippen MR) is 47.5 cm³/mol. The van der Waals surface area contributed by atoms with E-state index in [1.807, 2.05) is 0 Å². The molecule has 0 aliphatic carbocycles. The third kappa shape index (κ3) is 1.01. The number of aromatic nitrogens is 2. The van der Waals surface area contributed by atoms with Gasteiger partial charge in [0.15, 0.2) is 0 Å². The van der Waals surface area contributed by atoms with Gasteiger partial charge >= 0.3 is 5.97 Å². The largest absolute Gasteiger partial charge is 0.478 e. The maximum atomic E-state index is 10.7. The second-order valence-electron chi connectivity index (χ2n) is 2.67. The van der Waals surface area contributed by atoms with Gasteiger partial charge in [0.05, 0.1) is 23.0 Å². The molecule has 0 spiro atoms. The van der Waals surface area contributed by atoms with E-state index in [4.69, 9.17) is 10.8 Å². The standard InChI is InChI=1S/C8H7N3O2/c9-6-5(8(12)13)2-1-4-3-10-11-7(4)6/h1-3H,9H2,(H,10,11)(H,12,13). The summed E-state index contributed by atoms with van der Waals surface area (Å²) in [4.78, 5) is 10.7. The van der Waals surface area contributed by atoms with Crippen molar-refractivity contribution >= 4 is 22.6 Å². The minimum absolute atomic E-state index is 0.0942. The molecule has 5 nitrogen and oxygen atoms in total. The molecule has 0 radical (unpaired) electrons. The van der Waals surface area contributed by atoms with Crippen LogP contribution in [0.15, 0.2) is 18.3 Å². The summed E-state index contributed by atoms with van der Waals surface area (Å²) in [5.74, 6) is -1.03. The number of benzene rings is 1. The molecule has 0 fully saturated rings. The van der Waals surface area contributed by atoms with Crippen molar-refractivity contribution in [2.24, 2.45) is 0 Å². The molecule has 2 rings (SSSR count). The zero-order valence-electron chi connectivity index (χ0n) is 6.61. The number of carboxylic acids is 1. The van der Waals surface area contributed by atoms with E-state index in [9.17, 15) is 4.79 Å². The maximum absolute atomic E-state index is 10.7. The highest BCUT2D eigenvalue weighted by Gasteiger charge is 2.10. The Labute approximate surface area is 73.2 Å². The molecule has 0 bridgehead atoms. The number of aromatic carboxylic acids is 1. The van der Waals surface area contributed by atoms with Gasteiger partial charge in [0.1, 0.15) is 0 Å². The highest BCUT2D eigenvalue weighted by atomic mass is 16.4. The summed E-state index contributed by atoms with van der Waals surface area (Å²) < 4.78 is 0. The van der Waals surface area contributed by atoms with Crippen LogP contribution >= 0.6 is 0 Å². The van der Waals surface area contributed by atoms with Gasteiger partial charge in [0.2, 0.25) is 0 Å². The molecule has 0 saturated carbocycles. The van der Waals surface area contributed by atoms with Crippen LogP contribution in [-0.2, 0) is 0 Å². The van der Waals surface area contributed by atoms with Gasteiger partial charge < -0.3 is 10.8 Å². The first kappa shape index (κ1) is 7.60. The quantitative estimate of drug-likeness (QED) is 0.563. The SMILES string of the molecule is Nc1c(C(=O)O)ccc2cn[nH]c12. The first-order valence-corrected chi connectivity index (χ1v) is 3.65. The predicted octanol–water partition coefficient (Wildman–Crippen LogP) is 0.843. The molecule has 0 saturated heterocycles. The van der Waals surface area contributed by atoms with Gasteiger partial charge in [0, 0.05) is 5.39 Å². The number of nitrogens with zero attached hydrogens (tertiary/aromatic N) is 1. The lowest BCUT2D eigenvalue weighted by Gasteiger charge is -2.00. The van der Waals surface area contributed by atoms with Crippen LogP contribution in [0.3, 0.4) is 0 Å². The second kappa shape index (κ2) is 2.48. The summed E-state index contributed by atoms with van der Waals surface area (Å²) in [5.41, 5.74) is 6.50. The van der Waals surface area contributed by atoms with Crippen LogP contribution in [0, 0.1) is 0 Å². The van der Waals surface area contributed by atoms with E-state index in [2.05, 4.69) is 10.2 Å². The number of hydrogen-bond acceptors (Lipinski definition) is 3. The fourth-order valence-electron chi connectivity index (χ4n) is 1.22. The van der Waals surface area contributed by atoms with Crippen molar-refractivity contribution < 1.29 is 9.90 Å². The van der Waals surface area contributed by atoms with Crippen molar-refractivity contribution in [1.82, 2.24) is 10.2 Å². The van der Waals surface area contributed by atoms with E-state index in [-0.39, 0.29) is 11.3 Å². The Kier molecular flexibility index (Phi) is 1.45. The van der Waals surface area contributed by atoms with Crippen molar-refractivity contribution in [1.29, 1.82) is 0 Å². The number of hydrogen-bond donors (Lipinski definition) is 3. The molecule has 1 aromatic carbocycles. The van der Waals surface area contributed by atoms with E-state index < -0.39 is 5.97 Å². The molecule has 0 atom stereocenters. The number of nitrogens with one attached hydrogen (secondary N) is 1. The van der Waals surface area contributed by atoms with Gasteiger partial charge in [0.25, 0.3) is 0 Å². The van der Waals surface area contributed by atoms with Gasteiger partial charge in [-0.05, 0) is 6.07 Å². The lowest BCUT2D eigenvalue weighted by molar-refractivity contribution is 0.0698. The van der Waals surface area contributed by atoms with Crippen LogP contribution in [0.5, 0.6) is 0 Å². The molecule has 66 valence electrons. The van der Waals surface area contributed by atoms with Crippen molar-refractivity contribution in [2.45, 2.75) is 0 Å². The lowest BCUT2D eigenvalue weighted by Crippen LogP contribution is -2.02. The van der Waals surface area contributed by atoms with E-state index in [1.165, 1.54) is 6.07 Å². The van der Waals surface area contributed by atoms with Crippen LogP contribution in [0.25, 0.3) is 10.9 Å². The van der Waals surface area contributed by atoms with Crippen LogP contribution in [-0.4, -0.2) is 21.3 Å². The second-order valence-corrected chi connectivity index (χ2v) is 2.67. The molecular weight excluding hydrogens is 170 g/mol. The van der Waals surface area contributed by atoms with Gasteiger partial charge in [-0.1, -0.05) is 6.07 Å². The van der Waals surface area contributed by atoms with Gasteiger partial charge in [-0.3, -0.25) is 5.10 Å². The number of anilines is 1. The van der Waals surface area contributed by atoms with Gasteiger partial charge in [-0.2, -0.15) is 5.10 Å².